The van der Waals surface area contributed by atoms with Crippen molar-refractivity contribution in [2.24, 2.45) is 5.92 Å². The van der Waals surface area contributed by atoms with Gasteiger partial charge >= 0.3 is 0 Å². The fourth-order valence-corrected chi connectivity index (χ4v) is 2.82. The lowest BCUT2D eigenvalue weighted by molar-refractivity contribution is 0.0938. The molecule has 0 bridgehead atoms. The van der Waals surface area contributed by atoms with Gasteiger partial charge in [-0.15, -0.1) is 0 Å². The number of carbonyl (C=O) groups excluding carboxylic acids is 1. The summed E-state index contributed by atoms with van der Waals surface area (Å²) in [7, 11) is 0. The zero-order valence-electron chi connectivity index (χ0n) is 16.0. The van der Waals surface area contributed by atoms with E-state index in [2.05, 4.69) is 28.2 Å². The Labute approximate surface area is 164 Å². The fourth-order valence-electron chi connectivity index (χ4n) is 2.67. The van der Waals surface area contributed by atoms with Crippen LogP contribution in [-0.4, -0.2) is 27.3 Å². The van der Waals surface area contributed by atoms with Crippen molar-refractivity contribution in [3.63, 3.8) is 0 Å². The maximum atomic E-state index is 12.6. The molecule has 0 aliphatic carbocycles. The summed E-state index contributed by atoms with van der Waals surface area (Å²) in [5.74, 6) is -0.216. The number of nitrogens with zero attached hydrogens (tertiary/aromatic N) is 2. The first-order valence-electron chi connectivity index (χ1n) is 9.28. The minimum atomic E-state index is -0.443. The topological polar surface area (TPSA) is 88.0 Å². The molecule has 0 fully saturated rings. The van der Waals surface area contributed by atoms with E-state index >= 15 is 0 Å². The van der Waals surface area contributed by atoms with Gasteiger partial charge in [-0.1, -0.05) is 51.8 Å². The maximum Gasteiger partial charge on any atom is 0.290 e. The van der Waals surface area contributed by atoms with Gasteiger partial charge in [0.05, 0.1) is 5.39 Å². The highest BCUT2D eigenvalue weighted by molar-refractivity contribution is 7.80. The number of hydrogen-bond acceptors (Lipinski definition) is 4. The van der Waals surface area contributed by atoms with E-state index in [1.165, 1.54) is 4.68 Å². The summed E-state index contributed by atoms with van der Waals surface area (Å²) in [6.45, 7) is 7.30. The van der Waals surface area contributed by atoms with Gasteiger partial charge < -0.3 is 5.32 Å². The van der Waals surface area contributed by atoms with Crippen molar-refractivity contribution in [2.75, 3.05) is 6.54 Å². The van der Waals surface area contributed by atoms with Crippen LogP contribution in [-0.2, 0) is 6.54 Å². The van der Waals surface area contributed by atoms with E-state index in [0.29, 0.717) is 22.4 Å². The van der Waals surface area contributed by atoms with Crippen LogP contribution >= 0.6 is 12.2 Å². The van der Waals surface area contributed by atoms with Gasteiger partial charge in [-0.25, -0.2) is 4.68 Å². The number of rotatable bonds is 7. The molecule has 0 aliphatic rings. The molecule has 0 spiro atoms. The van der Waals surface area contributed by atoms with Gasteiger partial charge in [-0.3, -0.25) is 20.4 Å². The molecule has 1 aromatic heterocycles. The fraction of sp³-hybridized carbons (Fsp3) is 0.474. The Kier molecular flexibility index (Phi) is 7.72. The van der Waals surface area contributed by atoms with Crippen LogP contribution in [0.1, 0.15) is 50.5 Å². The molecule has 0 saturated carbocycles. The van der Waals surface area contributed by atoms with Crippen molar-refractivity contribution in [3.8, 4) is 0 Å². The summed E-state index contributed by atoms with van der Waals surface area (Å²) in [5, 5.41) is 8.67. The Morgan fingerprint density at radius 1 is 1.19 bits per heavy atom. The van der Waals surface area contributed by atoms with Crippen LogP contribution in [0.3, 0.4) is 0 Å². The van der Waals surface area contributed by atoms with Crippen LogP contribution < -0.4 is 21.7 Å². The zero-order chi connectivity index (χ0) is 19.8. The van der Waals surface area contributed by atoms with Crippen LogP contribution in [0.4, 0.5) is 0 Å². The van der Waals surface area contributed by atoms with E-state index < -0.39 is 5.91 Å². The van der Waals surface area contributed by atoms with Crippen LogP contribution in [0.2, 0.25) is 0 Å². The molecule has 1 heterocycles. The molecule has 0 saturated heterocycles. The standard InChI is InChI=1S/C19H27N5O2S/c1-4-5-8-11-20-19(27)22-21-17(25)16-14-9-6-7-10-15(14)18(26)24(23-16)12-13(2)3/h6-7,9-10,13H,4-5,8,11-12H2,1-3H3,(H,21,25)(H2,20,22,27). The number of unbranched alkanes of at least 4 members (excludes halogenated alkanes) is 2. The average Bonchev–Trinajstić information content (AvgIpc) is 2.65. The largest absolute Gasteiger partial charge is 0.361 e. The summed E-state index contributed by atoms with van der Waals surface area (Å²) in [4.78, 5) is 25.2. The zero-order valence-corrected chi connectivity index (χ0v) is 16.9. The third-order valence-corrected chi connectivity index (χ3v) is 4.22. The molecule has 1 aromatic carbocycles. The lowest BCUT2D eigenvalue weighted by Gasteiger charge is -2.14. The normalized spacial score (nSPS) is 10.8. The van der Waals surface area contributed by atoms with E-state index in [4.69, 9.17) is 12.2 Å². The van der Waals surface area contributed by atoms with Gasteiger partial charge in [0.1, 0.15) is 0 Å². The predicted molar refractivity (Wildman–Crippen MR) is 112 cm³/mol. The maximum absolute atomic E-state index is 12.6. The summed E-state index contributed by atoms with van der Waals surface area (Å²) in [6, 6.07) is 6.99. The number of aromatic nitrogens is 2. The molecular formula is C19H27N5O2S. The smallest absolute Gasteiger partial charge is 0.290 e. The molecule has 27 heavy (non-hydrogen) atoms. The van der Waals surface area contributed by atoms with Gasteiger partial charge in [0, 0.05) is 18.5 Å². The van der Waals surface area contributed by atoms with E-state index in [1.807, 2.05) is 13.8 Å². The predicted octanol–water partition coefficient (Wildman–Crippen LogP) is 2.35. The number of hydrazine groups is 1. The van der Waals surface area contributed by atoms with Crippen LogP contribution in [0.25, 0.3) is 10.8 Å². The molecule has 146 valence electrons. The second-order valence-corrected chi connectivity index (χ2v) is 7.23. The van der Waals surface area contributed by atoms with Gasteiger partial charge in [-0.2, -0.15) is 5.10 Å². The molecule has 2 aromatic rings. The number of amides is 1. The summed E-state index contributed by atoms with van der Waals surface area (Å²) in [5.41, 5.74) is 5.24. The molecule has 2 rings (SSSR count). The minimum Gasteiger partial charge on any atom is -0.361 e. The molecule has 7 nitrogen and oxygen atoms in total. The van der Waals surface area contributed by atoms with Crippen LogP contribution in [0, 0.1) is 5.92 Å². The second kappa shape index (κ2) is 10.0. The van der Waals surface area contributed by atoms with Crippen molar-refractivity contribution < 1.29 is 4.79 Å². The number of nitrogens with one attached hydrogen (secondary N) is 3. The first-order chi connectivity index (χ1) is 12.9. The molecular weight excluding hydrogens is 362 g/mol. The Morgan fingerprint density at radius 2 is 1.89 bits per heavy atom. The number of benzene rings is 1. The minimum absolute atomic E-state index is 0.187. The number of thiocarbonyl (C=S) groups is 1. The van der Waals surface area contributed by atoms with Crippen LogP contribution in [0.5, 0.6) is 0 Å². The first-order valence-corrected chi connectivity index (χ1v) is 9.69. The third kappa shape index (κ3) is 5.75. The van der Waals surface area contributed by atoms with Crippen molar-refractivity contribution in [2.45, 2.75) is 46.6 Å². The van der Waals surface area contributed by atoms with Gasteiger partial charge in [-0.05, 0) is 30.6 Å². The first kappa shape index (κ1) is 20.8. The molecule has 1 amide bonds. The Bertz CT molecular complexity index is 863. The number of hydrogen-bond donors (Lipinski definition) is 3. The Morgan fingerprint density at radius 3 is 2.56 bits per heavy atom. The highest BCUT2D eigenvalue weighted by Gasteiger charge is 2.17. The monoisotopic (exact) mass is 389 g/mol. The van der Waals surface area contributed by atoms with Crippen molar-refractivity contribution in [1.29, 1.82) is 0 Å². The third-order valence-electron chi connectivity index (χ3n) is 3.98. The van der Waals surface area contributed by atoms with E-state index in [0.717, 1.165) is 25.8 Å². The molecule has 0 radical (unpaired) electrons. The van der Waals surface area contributed by atoms with E-state index in [9.17, 15) is 9.59 Å². The summed E-state index contributed by atoms with van der Waals surface area (Å²) in [6.07, 6.45) is 3.26. The highest BCUT2D eigenvalue weighted by Crippen LogP contribution is 2.13. The number of carbonyl (C=O) groups is 1. The molecule has 0 aliphatic heterocycles. The van der Waals surface area contributed by atoms with Gasteiger partial charge in [0.15, 0.2) is 10.8 Å². The average molecular weight is 390 g/mol. The number of fused-ring (bicyclic) bond motifs is 1. The van der Waals surface area contributed by atoms with Crippen molar-refractivity contribution in [3.05, 3.63) is 40.3 Å². The molecule has 3 N–H and O–H groups in total. The quantitative estimate of drug-likeness (QED) is 0.383. The Balaban J connectivity index is 2.16. The summed E-state index contributed by atoms with van der Waals surface area (Å²) < 4.78 is 1.35. The molecule has 8 heteroatoms. The molecule has 0 unspecified atom stereocenters. The highest BCUT2D eigenvalue weighted by atomic mass is 32.1. The van der Waals surface area contributed by atoms with Crippen molar-refractivity contribution >= 4 is 34.0 Å². The van der Waals surface area contributed by atoms with Crippen molar-refractivity contribution in [1.82, 2.24) is 25.9 Å². The lowest BCUT2D eigenvalue weighted by atomic mass is 10.1. The van der Waals surface area contributed by atoms with Crippen LogP contribution in [0.15, 0.2) is 29.1 Å². The molecule has 0 atom stereocenters. The van der Waals surface area contributed by atoms with Gasteiger partial charge in [0.2, 0.25) is 0 Å². The Hall–Kier alpha value is -2.48. The second-order valence-electron chi connectivity index (χ2n) is 6.82. The van der Waals surface area contributed by atoms with E-state index in [1.54, 1.807) is 24.3 Å². The lowest BCUT2D eigenvalue weighted by Crippen LogP contribution is -2.47. The summed E-state index contributed by atoms with van der Waals surface area (Å²) >= 11 is 5.16. The van der Waals surface area contributed by atoms with Gasteiger partial charge in [0.25, 0.3) is 11.5 Å². The SMILES string of the molecule is CCCCCNC(=S)NNC(=O)c1nn(CC(C)C)c(=O)c2ccccc12. The van der Waals surface area contributed by atoms with E-state index in [-0.39, 0.29) is 17.2 Å².